The molecule has 1 amide bonds. The van der Waals surface area contributed by atoms with Gasteiger partial charge in [-0.3, -0.25) is 9.69 Å². The van der Waals surface area contributed by atoms with E-state index >= 15 is 0 Å². The van der Waals surface area contributed by atoms with Gasteiger partial charge in [0.15, 0.2) is 5.78 Å². The van der Waals surface area contributed by atoms with Gasteiger partial charge in [-0.15, -0.1) is 0 Å². The third kappa shape index (κ3) is 4.75. The minimum absolute atomic E-state index is 0.111. The van der Waals surface area contributed by atoms with E-state index in [0.717, 1.165) is 10.8 Å². The van der Waals surface area contributed by atoms with Crippen molar-refractivity contribution in [2.75, 3.05) is 20.8 Å². The Kier molecular flexibility index (Phi) is 6.05. The second-order valence-electron chi connectivity index (χ2n) is 8.29. The third-order valence-electron chi connectivity index (χ3n) is 4.83. The van der Waals surface area contributed by atoms with Crippen molar-refractivity contribution in [3.05, 3.63) is 24.3 Å². The fraction of sp³-hybridized carbons (Fsp3) is 0.500. The number of Topliss-reactive ketones (excluding diaryl/α,β-unsaturated/α-hetero) is 1. The maximum Gasteiger partial charge on any atom is 0.411 e. The van der Waals surface area contributed by atoms with Crippen LogP contribution in [-0.2, 0) is 9.53 Å². The van der Waals surface area contributed by atoms with Crippen LogP contribution in [0, 0.1) is 0 Å². The van der Waals surface area contributed by atoms with Gasteiger partial charge in [-0.05, 0) is 51.3 Å². The topological polar surface area (TPSA) is 87.2 Å². The van der Waals surface area contributed by atoms with E-state index in [2.05, 4.69) is 4.98 Å². The number of carbonyl (C=O) groups excluding carboxylic acids is 2. The van der Waals surface area contributed by atoms with E-state index in [0.29, 0.717) is 23.9 Å². The van der Waals surface area contributed by atoms with Crippen LogP contribution in [0.2, 0.25) is 0 Å². The highest BCUT2D eigenvalue weighted by Crippen LogP contribution is 2.33. The molecule has 0 radical (unpaired) electrons. The first-order valence-electron chi connectivity index (χ1n) is 9.81. The number of fused-ring (bicyclic) bond motifs is 1. The highest BCUT2D eigenvalue weighted by molar-refractivity contribution is 5.89. The number of rotatable bonds is 5. The molecule has 1 aromatic heterocycles. The summed E-state index contributed by atoms with van der Waals surface area (Å²) in [6, 6.07) is 6.75. The van der Waals surface area contributed by atoms with Crippen LogP contribution in [0.5, 0.6) is 17.5 Å². The Morgan fingerprint density at radius 1 is 1.13 bits per heavy atom. The number of hydrogen-bond acceptors (Lipinski definition) is 7. The Morgan fingerprint density at radius 3 is 2.47 bits per heavy atom. The fourth-order valence-electron chi connectivity index (χ4n) is 3.45. The van der Waals surface area contributed by atoms with Crippen LogP contribution in [0.25, 0.3) is 10.8 Å². The summed E-state index contributed by atoms with van der Waals surface area (Å²) in [5, 5.41) is 1.63. The second-order valence-corrected chi connectivity index (χ2v) is 8.29. The molecule has 3 rings (SSSR count). The predicted molar refractivity (Wildman–Crippen MR) is 111 cm³/mol. The van der Waals surface area contributed by atoms with Crippen molar-refractivity contribution in [2.45, 2.75) is 51.9 Å². The summed E-state index contributed by atoms with van der Waals surface area (Å²) in [5.41, 5.74) is -0.652. The largest absolute Gasteiger partial charge is 0.497 e. The van der Waals surface area contributed by atoms with Gasteiger partial charge in [-0.2, -0.15) is 4.98 Å². The van der Waals surface area contributed by atoms with Crippen molar-refractivity contribution in [1.29, 1.82) is 0 Å². The van der Waals surface area contributed by atoms with Crippen LogP contribution in [0.4, 0.5) is 4.79 Å². The zero-order valence-electron chi connectivity index (χ0n) is 18.2. The maximum absolute atomic E-state index is 12.6. The number of ether oxygens (including phenoxy) is 4. The molecular weight excluding hydrogens is 388 g/mol. The molecule has 2 aromatic rings. The van der Waals surface area contributed by atoms with E-state index in [4.69, 9.17) is 18.9 Å². The van der Waals surface area contributed by atoms with E-state index < -0.39 is 23.8 Å². The highest BCUT2D eigenvalue weighted by Gasteiger charge is 2.41. The average molecular weight is 416 g/mol. The molecule has 1 aliphatic rings. The van der Waals surface area contributed by atoms with Crippen molar-refractivity contribution < 1.29 is 28.5 Å². The Hall–Kier alpha value is -3.03. The molecule has 2 heterocycles. The molecule has 1 aliphatic heterocycles. The number of nitrogens with zero attached hydrogens (tertiary/aromatic N) is 2. The van der Waals surface area contributed by atoms with Crippen molar-refractivity contribution in [2.24, 2.45) is 0 Å². The molecule has 30 heavy (non-hydrogen) atoms. The van der Waals surface area contributed by atoms with Gasteiger partial charge in [0, 0.05) is 17.9 Å². The monoisotopic (exact) mass is 416 g/mol. The van der Waals surface area contributed by atoms with Crippen molar-refractivity contribution in [3.63, 3.8) is 0 Å². The highest BCUT2D eigenvalue weighted by atomic mass is 16.6. The number of aromatic nitrogens is 1. The average Bonchev–Trinajstić information content (AvgIpc) is 3.10. The summed E-state index contributed by atoms with van der Waals surface area (Å²) in [7, 11) is 3.13. The summed E-state index contributed by atoms with van der Waals surface area (Å²) < 4.78 is 22.2. The zero-order chi connectivity index (χ0) is 22.1. The van der Waals surface area contributed by atoms with E-state index in [1.54, 1.807) is 33.9 Å². The number of likely N-dealkylation sites (tertiary alicyclic amines) is 1. The lowest BCUT2D eigenvalue weighted by atomic mass is 10.1. The van der Waals surface area contributed by atoms with Gasteiger partial charge >= 0.3 is 6.09 Å². The smallest absolute Gasteiger partial charge is 0.411 e. The van der Waals surface area contributed by atoms with Crippen LogP contribution in [0.3, 0.4) is 0 Å². The van der Waals surface area contributed by atoms with Gasteiger partial charge in [-0.25, -0.2) is 4.79 Å². The minimum Gasteiger partial charge on any atom is -0.497 e. The summed E-state index contributed by atoms with van der Waals surface area (Å²) in [6.07, 6.45) is -0.566. The first-order chi connectivity index (χ1) is 14.1. The Morgan fingerprint density at radius 2 is 1.87 bits per heavy atom. The number of carbonyl (C=O) groups is 2. The lowest BCUT2D eigenvalue weighted by molar-refractivity contribution is -0.121. The molecule has 0 N–H and O–H groups in total. The molecule has 0 unspecified atom stereocenters. The first kappa shape index (κ1) is 21.7. The summed E-state index contributed by atoms with van der Waals surface area (Å²) in [6.45, 7) is 7.07. The van der Waals surface area contributed by atoms with Crippen LogP contribution >= 0.6 is 0 Å². The van der Waals surface area contributed by atoms with E-state index in [-0.39, 0.29) is 12.3 Å². The summed E-state index contributed by atoms with van der Waals surface area (Å²) in [4.78, 5) is 30.6. The zero-order valence-corrected chi connectivity index (χ0v) is 18.2. The quantitative estimate of drug-likeness (QED) is 0.736. The number of amides is 1. The van der Waals surface area contributed by atoms with Gasteiger partial charge in [0.1, 0.15) is 17.5 Å². The summed E-state index contributed by atoms with van der Waals surface area (Å²) in [5.74, 6) is 1.37. The molecule has 8 nitrogen and oxygen atoms in total. The summed E-state index contributed by atoms with van der Waals surface area (Å²) >= 11 is 0. The van der Waals surface area contributed by atoms with Gasteiger partial charge in [0.2, 0.25) is 11.8 Å². The normalized spacial score (nSPS) is 18.9. The molecule has 1 aromatic carbocycles. The fourth-order valence-corrected chi connectivity index (χ4v) is 3.45. The second kappa shape index (κ2) is 8.38. The lowest BCUT2D eigenvalue weighted by Gasteiger charge is -2.27. The molecule has 1 fully saturated rings. The Bertz CT molecular complexity index is 947. The number of methoxy groups -OCH3 is 2. The lowest BCUT2D eigenvalue weighted by Crippen LogP contribution is -2.43. The SMILES string of the molecule is COc1ccc2c(O[C@@H]3C[C@@H](C(C)=O)N(C(=O)OC(C)(C)C)C3)nc(OC)cc2c1. The molecule has 2 atom stereocenters. The van der Waals surface area contributed by atoms with Crippen molar-refractivity contribution in [1.82, 2.24) is 9.88 Å². The number of pyridine rings is 1. The molecule has 1 saturated heterocycles. The van der Waals surface area contributed by atoms with Crippen LogP contribution in [0.15, 0.2) is 24.3 Å². The van der Waals surface area contributed by atoms with Gasteiger partial charge in [0.05, 0.1) is 26.8 Å². The molecule has 0 bridgehead atoms. The molecule has 0 spiro atoms. The van der Waals surface area contributed by atoms with Gasteiger partial charge in [0.25, 0.3) is 0 Å². The van der Waals surface area contributed by atoms with Crippen molar-refractivity contribution >= 4 is 22.6 Å². The predicted octanol–water partition coefficient (Wildman–Crippen LogP) is 3.60. The standard InChI is InChI=1S/C22H28N2O6/c1-13(25)18-11-16(12-24(18)21(26)30-22(2,3)4)29-20-17-8-7-15(27-5)9-14(17)10-19(23-20)28-6/h7-10,16,18H,11-12H2,1-6H3/t16-,18+/m1/s1. The van der Waals surface area contributed by atoms with Crippen LogP contribution in [-0.4, -0.2) is 60.3 Å². The molecule has 0 saturated carbocycles. The van der Waals surface area contributed by atoms with Gasteiger partial charge in [-0.1, -0.05) is 0 Å². The van der Waals surface area contributed by atoms with Gasteiger partial charge < -0.3 is 18.9 Å². The van der Waals surface area contributed by atoms with E-state index in [1.807, 2.05) is 18.2 Å². The molecule has 8 heteroatoms. The van der Waals surface area contributed by atoms with E-state index in [1.165, 1.54) is 18.9 Å². The van der Waals surface area contributed by atoms with E-state index in [9.17, 15) is 9.59 Å². The minimum atomic E-state index is -0.652. The number of ketones is 1. The third-order valence-corrected chi connectivity index (χ3v) is 4.83. The maximum atomic E-state index is 12.6. The Balaban J connectivity index is 1.88. The van der Waals surface area contributed by atoms with Crippen LogP contribution < -0.4 is 14.2 Å². The van der Waals surface area contributed by atoms with Crippen LogP contribution in [0.1, 0.15) is 34.1 Å². The number of benzene rings is 1. The Labute approximate surface area is 176 Å². The first-order valence-corrected chi connectivity index (χ1v) is 9.81. The molecule has 0 aliphatic carbocycles. The molecule has 162 valence electrons. The number of hydrogen-bond donors (Lipinski definition) is 0. The van der Waals surface area contributed by atoms with Crippen molar-refractivity contribution in [3.8, 4) is 17.5 Å². The molecular formula is C22H28N2O6.